The molecule has 0 fully saturated rings. The Kier molecular flexibility index (Phi) is 5.83. The van der Waals surface area contributed by atoms with Crippen LogP contribution in [0.1, 0.15) is 39.0 Å². The number of anilines is 1. The third kappa shape index (κ3) is 4.52. The van der Waals surface area contributed by atoms with Crippen molar-refractivity contribution in [2.24, 2.45) is 0 Å². The summed E-state index contributed by atoms with van der Waals surface area (Å²) in [6.45, 7) is 2.55. The maximum atomic E-state index is 10.7. The average molecular weight is 254 g/mol. The van der Waals surface area contributed by atoms with Crippen LogP contribution in [0.15, 0.2) is 6.20 Å². The summed E-state index contributed by atoms with van der Waals surface area (Å²) in [7, 11) is 0. The van der Waals surface area contributed by atoms with Gasteiger partial charge in [0.2, 0.25) is 5.95 Å². The van der Waals surface area contributed by atoms with Gasteiger partial charge in [-0.3, -0.25) is 10.1 Å². The first-order valence-electron chi connectivity index (χ1n) is 6.05. The zero-order chi connectivity index (χ0) is 13.4. The highest BCUT2D eigenvalue weighted by Crippen LogP contribution is 2.23. The normalized spacial score (nSPS) is 10.3. The molecule has 1 aromatic rings. The lowest BCUT2D eigenvalue weighted by atomic mass is 10.2. The molecule has 0 bridgehead atoms. The molecule has 0 aromatic carbocycles. The van der Waals surface area contributed by atoms with Crippen LogP contribution in [0, 0.1) is 10.1 Å². The lowest BCUT2D eigenvalue weighted by Crippen LogP contribution is -2.05. The van der Waals surface area contributed by atoms with Crippen molar-refractivity contribution in [3.8, 4) is 5.88 Å². The topological polar surface area (TPSA) is 104 Å². The van der Waals surface area contributed by atoms with Crippen LogP contribution in [0.5, 0.6) is 5.88 Å². The van der Waals surface area contributed by atoms with E-state index in [2.05, 4.69) is 16.9 Å². The summed E-state index contributed by atoms with van der Waals surface area (Å²) >= 11 is 0. The molecule has 100 valence electrons. The van der Waals surface area contributed by atoms with Crippen LogP contribution in [-0.2, 0) is 0 Å². The number of nitro groups is 1. The van der Waals surface area contributed by atoms with Crippen molar-refractivity contribution >= 4 is 11.6 Å². The van der Waals surface area contributed by atoms with Crippen molar-refractivity contribution in [3.05, 3.63) is 16.3 Å². The second kappa shape index (κ2) is 7.41. The summed E-state index contributed by atoms with van der Waals surface area (Å²) < 4.78 is 5.29. The molecule has 0 saturated carbocycles. The van der Waals surface area contributed by atoms with Crippen molar-refractivity contribution in [2.45, 2.75) is 39.0 Å². The minimum atomic E-state index is -0.578. The molecule has 7 heteroatoms. The molecule has 0 amide bonds. The number of unbranched alkanes of at least 4 members (excludes halogenated alkanes) is 4. The molecule has 0 spiro atoms. The Bertz CT molecular complexity index is 398. The number of nitrogens with zero attached hydrogens (tertiary/aromatic N) is 3. The van der Waals surface area contributed by atoms with Gasteiger partial charge in [-0.1, -0.05) is 32.6 Å². The SMILES string of the molecule is CCCCCCCOc1nc(N)ncc1[N+](=O)[O-]. The predicted molar refractivity (Wildman–Crippen MR) is 67.4 cm³/mol. The molecule has 0 radical (unpaired) electrons. The van der Waals surface area contributed by atoms with Gasteiger partial charge in [-0.2, -0.15) is 4.98 Å². The highest BCUT2D eigenvalue weighted by atomic mass is 16.6. The van der Waals surface area contributed by atoms with Gasteiger partial charge in [0.15, 0.2) is 0 Å². The van der Waals surface area contributed by atoms with Crippen molar-refractivity contribution in [1.82, 2.24) is 9.97 Å². The van der Waals surface area contributed by atoms with Crippen LogP contribution in [-0.4, -0.2) is 21.5 Å². The Morgan fingerprint density at radius 3 is 2.78 bits per heavy atom. The molecule has 1 heterocycles. The second-order valence-electron chi connectivity index (χ2n) is 3.94. The van der Waals surface area contributed by atoms with Gasteiger partial charge in [-0.05, 0) is 6.42 Å². The summed E-state index contributed by atoms with van der Waals surface area (Å²) in [5, 5.41) is 10.7. The number of hydrogen-bond donors (Lipinski definition) is 1. The molecule has 0 aliphatic carbocycles. The summed E-state index contributed by atoms with van der Waals surface area (Å²) in [6.07, 6.45) is 6.47. The molecule has 0 aliphatic rings. The Morgan fingerprint density at radius 2 is 2.11 bits per heavy atom. The van der Waals surface area contributed by atoms with E-state index in [1.54, 1.807) is 0 Å². The first kappa shape index (κ1) is 14.1. The van der Waals surface area contributed by atoms with Gasteiger partial charge >= 0.3 is 5.69 Å². The van der Waals surface area contributed by atoms with Gasteiger partial charge in [0.25, 0.3) is 5.88 Å². The van der Waals surface area contributed by atoms with E-state index in [4.69, 9.17) is 10.5 Å². The maximum absolute atomic E-state index is 10.7. The van der Waals surface area contributed by atoms with E-state index in [0.29, 0.717) is 6.61 Å². The van der Waals surface area contributed by atoms with E-state index in [1.165, 1.54) is 12.8 Å². The van der Waals surface area contributed by atoms with Gasteiger partial charge in [-0.25, -0.2) is 4.98 Å². The van der Waals surface area contributed by atoms with Crippen molar-refractivity contribution < 1.29 is 9.66 Å². The Labute approximate surface area is 106 Å². The molecule has 1 rings (SSSR count). The van der Waals surface area contributed by atoms with E-state index in [0.717, 1.165) is 25.5 Å². The van der Waals surface area contributed by atoms with E-state index in [-0.39, 0.29) is 17.5 Å². The monoisotopic (exact) mass is 254 g/mol. The number of nitrogens with two attached hydrogens (primary N) is 1. The third-order valence-corrected chi connectivity index (χ3v) is 2.44. The number of rotatable bonds is 8. The zero-order valence-electron chi connectivity index (χ0n) is 10.5. The van der Waals surface area contributed by atoms with Gasteiger partial charge in [-0.15, -0.1) is 0 Å². The van der Waals surface area contributed by atoms with E-state index >= 15 is 0 Å². The molecule has 7 nitrogen and oxygen atoms in total. The number of ether oxygens (including phenoxy) is 1. The van der Waals surface area contributed by atoms with Crippen LogP contribution in [0.4, 0.5) is 11.6 Å². The third-order valence-electron chi connectivity index (χ3n) is 2.44. The maximum Gasteiger partial charge on any atom is 0.349 e. The van der Waals surface area contributed by atoms with Crippen LogP contribution in [0.25, 0.3) is 0 Å². The fraction of sp³-hybridized carbons (Fsp3) is 0.636. The predicted octanol–water partition coefficient (Wildman–Crippen LogP) is 2.32. The summed E-state index contributed by atoms with van der Waals surface area (Å²) in [4.78, 5) is 17.4. The van der Waals surface area contributed by atoms with Crippen LogP contribution in [0.3, 0.4) is 0 Å². The quantitative estimate of drug-likeness (QED) is 0.433. The van der Waals surface area contributed by atoms with Crippen LogP contribution in [0.2, 0.25) is 0 Å². The van der Waals surface area contributed by atoms with Crippen LogP contribution < -0.4 is 10.5 Å². The number of hydrogen-bond acceptors (Lipinski definition) is 6. The van der Waals surface area contributed by atoms with Crippen molar-refractivity contribution in [2.75, 3.05) is 12.3 Å². The molecule has 0 aliphatic heterocycles. The van der Waals surface area contributed by atoms with Gasteiger partial charge in [0.1, 0.15) is 6.20 Å². The van der Waals surface area contributed by atoms with Gasteiger partial charge in [0.05, 0.1) is 11.5 Å². The van der Waals surface area contributed by atoms with E-state index in [9.17, 15) is 10.1 Å². The smallest absolute Gasteiger partial charge is 0.349 e. The molecule has 0 saturated heterocycles. The Morgan fingerprint density at radius 1 is 1.39 bits per heavy atom. The van der Waals surface area contributed by atoms with Crippen molar-refractivity contribution in [3.63, 3.8) is 0 Å². The molecule has 2 N–H and O–H groups in total. The zero-order valence-corrected chi connectivity index (χ0v) is 10.5. The fourth-order valence-electron chi connectivity index (χ4n) is 1.48. The molecule has 18 heavy (non-hydrogen) atoms. The highest BCUT2D eigenvalue weighted by molar-refractivity contribution is 5.41. The average Bonchev–Trinajstić information content (AvgIpc) is 2.33. The molecule has 0 unspecified atom stereocenters. The standard InChI is InChI=1S/C11H18N4O3/c1-2-3-4-5-6-7-18-10-9(15(16)17)8-13-11(12)14-10/h8H,2-7H2,1H3,(H2,12,13,14). The molecular formula is C11H18N4O3. The van der Waals surface area contributed by atoms with Gasteiger partial charge < -0.3 is 10.5 Å². The highest BCUT2D eigenvalue weighted by Gasteiger charge is 2.17. The van der Waals surface area contributed by atoms with Crippen molar-refractivity contribution in [1.29, 1.82) is 0 Å². The summed E-state index contributed by atoms with van der Waals surface area (Å²) in [5.41, 5.74) is 5.12. The van der Waals surface area contributed by atoms with Crippen LogP contribution >= 0.6 is 0 Å². The fourth-order valence-corrected chi connectivity index (χ4v) is 1.48. The molecular weight excluding hydrogens is 236 g/mol. The minimum absolute atomic E-state index is 0.0263. The summed E-state index contributed by atoms with van der Waals surface area (Å²) in [6, 6.07) is 0. The Balaban J connectivity index is 2.45. The van der Waals surface area contributed by atoms with E-state index < -0.39 is 4.92 Å². The summed E-state index contributed by atoms with van der Waals surface area (Å²) in [5.74, 6) is -0.0791. The molecule has 1 aromatic heterocycles. The number of nitrogen functional groups attached to an aromatic ring is 1. The first-order chi connectivity index (χ1) is 8.65. The van der Waals surface area contributed by atoms with E-state index in [1.807, 2.05) is 0 Å². The largest absolute Gasteiger partial charge is 0.473 e. The molecule has 0 atom stereocenters. The lowest BCUT2D eigenvalue weighted by Gasteiger charge is -2.05. The lowest BCUT2D eigenvalue weighted by molar-refractivity contribution is -0.386. The van der Waals surface area contributed by atoms with Gasteiger partial charge in [0, 0.05) is 0 Å². The first-order valence-corrected chi connectivity index (χ1v) is 6.05. The number of aromatic nitrogens is 2. The second-order valence-corrected chi connectivity index (χ2v) is 3.94. The Hall–Kier alpha value is -1.92. The minimum Gasteiger partial charge on any atom is -0.473 e.